The molecule has 3 amide bonds. The van der Waals surface area contributed by atoms with Crippen molar-refractivity contribution in [2.24, 2.45) is 11.8 Å². The Morgan fingerprint density at radius 1 is 0.917 bits per heavy atom. The first-order valence-corrected chi connectivity index (χ1v) is 8.74. The summed E-state index contributed by atoms with van der Waals surface area (Å²) in [5, 5.41) is 17.1. The van der Waals surface area contributed by atoms with Crippen LogP contribution in [0.2, 0.25) is 0 Å². The van der Waals surface area contributed by atoms with Crippen LogP contribution < -0.4 is 16.0 Å². The second-order valence-electron chi connectivity index (χ2n) is 6.96. The molecule has 0 aromatic heterocycles. The quantitative estimate of drug-likeness (QED) is 0.431. The zero-order valence-corrected chi connectivity index (χ0v) is 15.5. The van der Waals surface area contributed by atoms with E-state index in [1.165, 1.54) is 0 Å². The van der Waals surface area contributed by atoms with E-state index in [9.17, 15) is 19.5 Å². The zero-order valence-electron chi connectivity index (χ0n) is 15.5. The van der Waals surface area contributed by atoms with Gasteiger partial charge in [-0.2, -0.15) is 0 Å². The molecule has 0 bridgehead atoms. The minimum atomic E-state index is -1.06. The Kier molecular flexibility index (Phi) is 10.8. The fourth-order valence-corrected chi connectivity index (χ4v) is 2.26. The van der Waals surface area contributed by atoms with Gasteiger partial charge in [-0.25, -0.2) is 9.59 Å². The van der Waals surface area contributed by atoms with Crippen molar-refractivity contribution in [1.82, 2.24) is 16.0 Å². The third-order valence-corrected chi connectivity index (χ3v) is 3.47. The fourth-order valence-electron chi connectivity index (χ4n) is 2.26. The predicted octanol–water partition coefficient (Wildman–Crippen LogP) is 2.12. The number of carbonyl (C=O) groups is 3. The predicted molar refractivity (Wildman–Crippen MR) is 93.7 cm³/mol. The third kappa shape index (κ3) is 10.1. The molecule has 2 atom stereocenters. The van der Waals surface area contributed by atoms with Crippen molar-refractivity contribution in [3.8, 4) is 0 Å². The summed E-state index contributed by atoms with van der Waals surface area (Å²) in [5.74, 6) is -1.19. The lowest BCUT2D eigenvalue weighted by Crippen LogP contribution is -2.54. The van der Waals surface area contributed by atoms with Gasteiger partial charge in [-0.1, -0.05) is 41.0 Å². The highest BCUT2D eigenvalue weighted by Crippen LogP contribution is 2.08. The Hall–Kier alpha value is -1.79. The van der Waals surface area contributed by atoms with Crippen LogP contribution in [-0.4, -0.2) is 41.6 Å². The van der Waals surface area contributed by atoms with Crippen molar-refractivity contribution < 1.29 is 19.5 Å². The monoisotopic (exact) mass is 343 g/mol. The van der Waals surface area contributed by atoms with Gasteiger partial charge in [-0.05, 0) is 31.1 Å². The van der Waals surface area contributed by atoms with Gasteiger partial charge in [0.05, 0.1) is 0 Å². The molecule has 0 radical (unpaired) electrons. The second-order valence-corrected chi connectivity index (χ2v) is 6.96. The number of carboxylic acid groups (broad SMARTS) is 1. The van der Waals surface area contributed by atoms with Crippen LogP contribution >= 0.6 is 0 Å². The summed E-state index contributed by atoms with van der Waals surface area (Å²) < 4.78 is 0. The lowest BCUT2D eigenvalue weighted by atomic mass is 10.0. The van der Waals surface area contributed by atoms with Crippen LogP contribution in [0.3, 0.4) is 0 Å². The number of nitrogens with one attached hydrogen (secondary N) is 3. The highest BCUT2D eigenvalue weighted by atomic mass is 16.4. The van der Waals surface area contributed by atoms with E-state index in [1.807, 2.05) is 34.6 Å². The summed E-state index contributed by atoms with van der Waals surface area (Å²) in [5.41, 5.74) is 0. The third-order valence-electron chi connectivity index (χ3n) is 3.47. The van der Waals surface area contributed by atoms with E-state index in [0.29, 0.717) is 19.4 Å². The van der Waals surface area contributed by atoms with Crippen LogP contribution in [-0.2, 0) is 9.59 Å². The van der Waals surface area contributed by atoms with Crippen molar-refractivity contribution in [3.63, 3.8) is 0 Å². The van der Waals surface area contributed by atoms with Gasteiger partial charge in [0, 0.05) is 6.54 Å². The largest absolute Gasteiger partial charge is 0.480 e. The molecule has 4 N–H and O–H groups in total. The van der Waals surface area contributed by atoms with Crippen molar-refractivity contribution in [2.75, 3.05) is 6.54 Å². The van der Waals surface area contributed by atoms with Gasteiger partial charge < -0.3 is 21.1 Å². The highest BCUT2D eigenvalue weighted by molar-refractivity contribution is 5.90. The molecule has 0 saturated carbocycles. The van der Waals surface area contributed by atoms with E-state index in [2.05, 4.69) is 16.0 Å². The lowest BCUT2D eigenvalue weighted by Gasteiger charge is -2.23. The minimum Gasteiger partial charge on any atom is -0.480 e. The molecule has 0 aliphatic rings. The molecule has 0 aliphatic heterocycles. The molecule has 24 heavy (non-hydrogen) atoms. The summed E-state index contributed by atoms with van der Waals surface area (Å²) in [4.78, 5) is 35.6. The van der Waals surface area contributed by atoms with Crippen molar-refractivity contribution in [1.29, 1.82) is 0 Å². The molecule has 0 aliphatic carbocycles. The Balaban J connectivity index is 4.79. The molecule has 140 valence electrons. The molecular formula is C17H33N3O4. The summed E-state index contributed by atoms with van der Waals surface area (Å²) in [6.07, 6.45) is 2.62. The van der Waals surface area contributed by atoms with Gasteiger partial charge >= 0.3 is 12.0 Å². The molecule has 0 aromatic rings. The van der Waals surface area contributed by atoms with E-state index in [-0.39, 0.29) is 11.8 Å². The van der Waals surface area contributed by atoms with Crippen molar-refractivity contribution in [3.05, 3.63) is 0 Å². The van der Waals surface area contributed by atoms with Gasteiger partial charge in [0.25, 0.3) is 0 Å². The number of unbranched alkanes of at least 4 members (excludes halogenated alkanes) is 1. The first-order chi connectivity index (χ1) is 11.2. The van der Waals surface area contributed by atoms with Crippen LogP contribution in [0.4, 0.5) is 4.79 Å². The van der Waals surface area contributed by atoms with Gasteiger partial charge in [-0.3, -0.25) is 4.79 Å². The first-order valence-electron chi connectivity index (χ1n) is 8.74. The zero-order chi connectivity index (χ0) is 18.7. The minimum absolute atomic E-state index is 0.139. The topological polar surface area (TPSA) is 108 Å². The first kappa shape index (κ1) is 22.2. The molecule has 7 nitrogen and oxygen atoms in total. The van der Waals surface area contributed by atoms with Crippen LogP contribution in [0.25, 0.3) is 0 Å². The standard InChI is InChI=1S/C17H33N3O4/c1-6-7-8-18-17(24)20-13(9-11(2)3)15(21)19-14(16(22)23)10-12(4)5/h11-14H,6-10H2,1-5H3,(H,19,21)(H,22,23)(H2,18,20,24)/t13-,14+/m1/s1. The average Bonchev–Trinajstić information content (AvgIpc) is 2.45. The Labute approximate surface area is 145 Å². The summed E-state index contributed by atoms with van der Waals surface area (Å²) in [6.45, 7) is 10.2. The average molecular weight is 343 g/mol. The van der Waals surface area contributed by atoms with Gasteiger partial charge in [0.15, 0.2) is 0 Å². The normalized spacial score (nSPS) is 13.5. The number of urea groups is 1. The molecule has 0 rings (SSSR count). The Morgan fingerprint density at radius 3 is 1.92 bits per heavy atom. The molecule has 7 heteroatoms. The highest BCUT2D eigenvalue weighted by Gasteiger charge is 2.27. The summed E-state index contributed by atoms with van der Waals surface area (Å²) >= 11 is 0. The van der Waals surface area contributed by atoms with E-state index >= 15 is 0 Å². The van der Waals surface area contributed by atoms with E-state index in [0.717, 1.165) is 12.8 Å². The number of aliphatic carboxylic acids is 1. The van der Waals surface area contributed by atoms with Crippen molar-refractivity contribution >= 4 is 17.9 Å². The molecule has 0 heterocycles. The summed E-state index contributed by atoms with van der Waals surface area (Å²) in [7, 11) is 0. The molecule has 0 saturated heterocycles. The SMILES string of the molecule is CCCCNC(=O)N[C@H](CC(C)C)C(=O)N[C@@H](CC(C)C)C(=O)O. The van der Waals surface area contributed by atoms with Gasteiger partial charge in [-0.15, -0.1) is 0 Å². The Bertz CT molecular complexity index is 411. The molecule has 0 fully saturated rings. The smallest absolute Gasteiger partial charge is 0.326 e. The number of carboxylic acids is 1. The molecule has 0 spiro atoms. The maximum atomic E-state index is 12.4. The van der Waals surface area contributed by atoms with Gasteiger partial charge in [0.1, 0.15) is 12.1 Å². The van der Waals surface area contributed by atoms with Crippen LogP contribution in [0.1, 0.15) is 60.3 Å². The van der Waals surface area contributed by atoms with Crippen LogP contribution in [0, 0.1) is 11.8 Å². The number of carbonyl (C=O) groups excluding carboxylic acids is 2. The molecular weight excluding hydrogens is 310 g/mol. The van der Waals surface area contributed by atoms with Gasteiger partial charge in [0.2, 0.25) is 5.91 Å². The number of hydrogen-bond donors (Lipinski definition) is 4. The number of hydrogen-bond acceptors (Lipinski definition) is 3. The Morgan fingerprint density at radius 2 is 1.46 bits per heavy atom. The van der Waals surface area contributed by atoms with E-state index < -0.39 is 30.0 Å². The summed E-state index contributed by atoms with van der Waals surface area (Å²) in [6, 6.07) is -2.10. The number of rotatable bonds is 11. The maximum absolute atomic E-state index is 12.4. The number of amides is 3. The van der Waals surface area contributed by atoms with Crippen LogP contribution in [0.5, 0.6) is 0 Å². The molecule has 0 unspecified atom stereocenters. The van der Waals surface area contributed by atoms with Crippen molar-refractivity contribution in [2.45, 2.75) is 72.4 Å². The second kappa shape index (κ2) is 11.7. The molecule has 0 aromatic carbocycles. The van der Waals surface area contributed by atoms with E-state index in [4.69, 9.17) is 0 Å². The fraction of sp³-hybridized carbons (Fsp3) is 0.824. The van der Waals surface area contributed by atoms with E-state index in [1.54, 1.807) is 0 Å². The van der Waals surface area contributed by atoms with Crippen LogP contribution in [0.15, 0.2) is 0 Å². The maximum Gasteiger partial charge on any atom is 0.326 e. The lowest BCUT2D eigenvalue weighted by molar-refractivity contribution is -0.142.